The van der Waals surface area contributed by atoms with E-state index in [1.807, 2.05) is 51.0 Å². The Labute approximate surface area is 178 Å². The normalized spacial score (nSPS) is 11.0. The molecule has 2 amide bonds. The molecule has 0 bridgehead atoms. The summed E-state index contributed by atoms with van der Waals surface area (Å²) in [5.41, 5.74) is 3.27. The summed E-state index contributed by atoms with van der Waals surface area (Å²) in [5.74, 6) is 0.171. The number of rotatable bonds is 11. The Morgan fingerprint density at radius 1 is 1.13 bits per heavy atom. The van der Waals surface area contributed by atoms with Crippen LogP contribution in [-0.2, 0) is 9.53 Å². The van der Waals surface area contributed by atoms with Crippen LogP contribution < -0.4 is 5.32 Å². The summed E-state index contributed by atoms with van der Waals surface area (Å²) >= 11 is 0. The van der Waals surface area contributed by atoms with E-state index in [0.29, 0.717) is 25.5 Å². The number of aromatic nitrogens is 1. The van der Waals surface area contributed by atoms with Gasteiger partial charge in [-0.1, -0.05) is 22.9 Å². The van der Waals surface area contributed by atoms with Crippen LogP contribution in [0.4, 0.5) is 0 Å². The highest BCUT2D eigenvalue weighted by Gasteiger charge is 2.21. The lowest BCUT2D eigenvalue weighted by molar-refractivity contribution is -0.121. The van der Waals surface area contributed by atoms with Crippen molar-refractivity contribution in [3.63, 3.8) is 0 Å². The number of benzene rings is 1. The van der Waals surface area contributed by atoms with E-state index in [4.69, 9.17) is 9.26 Å². The average molecular weight is 417 g/mol. The Balaban J connectivity index is 2.05. The van der Waals surface area contributed by atoms with Crippen LogP contribution in [0.1, 0.15) is 28.0 Å². The zero-order chi connectivity index (χ0) is 22.1. The lowest BCUT2D eigenvalue weighted by Gasteiger charge is -2.21. The van der Waals surface area contributed by atoms with Crippen molar-refractivity contribution in [1.29, 1.82) is 0 Å². The molecule has 1 aromatic carbocycles. The second-order valence-corrected chi connectivity index (χ2v) is 7.58. The lowest BCUT2D eigenvalue weighted by atomic mass is 10.0. The summed E-state index contributed by atoms with van der Waals surface area (Å²) < 4.78 is 10.6. The number of hydrogen-bond acceptors (Lipinski definition) is 6. The predicted octanol–water partition coefficient (Wildman–Crippen LogP) is 2.11. The van der Waals surface area contributed by atoms with E-state index in [1.54, 1.807) is 18.1 Å². The smallest absolute Gasteiger partial charge is 0.276 e. The molecule has 0 fully saturated rings. The second-order valence-electron chi connectivity index (χ2n) is 7.58. The van der Waals surface area contributed by atoms with E-state index in [1.165, 1.54) is 0 Å². The molecular formula is C22H32N4O4. The molecule has 0 unspecified atom stereocenters. The summed E-state index contributed by atoms with van der Waals surface area (Å²) in [7, 11) is 5.47. The van der Waals surface area contributed by atoms with Crippen molar-refractivity contribution in [3.8, 4) is 11.3 Å². The van der Waals surface area contributed by atoms with Crippen molar-refractivity contribution in [2.75, 3.05) is 54.0 Å². The van der Waals surface area contributed by atoms with Crippen molar-refractivity contribution >= 4 is 11.8 Å². The highest BCUT2D eigenvalue weighted by molar-refractivity contribution is 5.93. The monoisotopic (exact) mass is 416 g/mol. The van der Waals surface area contributed by atoms with Crippen LogP contribution in [0.3, 0.4) is 0 Å². The second kappa shape index (κ2) is 11.5. The number of ether oxygens (including phenoxy) is 1. The van der Waals surface area contributed by atoms with Crippen LogP contribution in [0, 0.1) is 13.8 Å². The summed E-state index contributed by atoms with van der Waals surface area (Å²) in [6.07, 6.45) is 0.213. The first kappa shape index (κ1) is 23.6. The van der Waals surface area contributed by atoms with Crippen molar-refractivity contribution in [2.24, 2.45) is 0 Å². The first-order valence-electron chi connectivity index (χ1n) is 10.1. The number of carbonyl (C=O) groups excluding carboxylic acids is 2. The molecule has 0 saturated heterocycles. The van der Waals surface area contributed by atoms with Gasteiger partial charge in [-0.05, 0) is 39.6 Å². The van der Waals surface area contributed by atoms with Crippen molar-refractivity contribution < 1.29 is 18.8 Å². The third-order valence-electron chi connectivity index (χ3n) is 4.73. The molecule has 8 nitrogen and oxygen atoms in total. The van der Waals surface area contributed by atoms with Gasteiger partial charge in [0.15, 0.2) is 11.5 Å². The topological polar surface area (TPSA) is 87.9 Å². The Morgan fingerprint density at radius 2 is 1.90 bits per heavy atom. The molecule has 30 heavy (non-hydrogen) atoms. The Morgan fingerprint density at radius 3 is 2.60 bits per heavy atom. The fraction of sp³-hybridized carbons (Fsp3) is 0.500. The van der Waals surface area contributed by atoms with Gasteiger partial charge in [0.05, 0.1) is 6.61 Å². The number of amides is 2. The molecule has 2 aromatic rings. The quantitative estimate of drug-likeness (QED) is 0.604. The molecule has 0 spiro atoms. The van der Waals surface area contributed by atoms with Gasteiger partial charge in [-0.2, -0.15) is 0 Å². The number of aryl methyl sites for hydroxylation is 2. The number of nitrogens with zero attached hydrogens (tertiary/aromatic N) is 3. The van der Waals surface area contributed by atoms with Crippen molar-refractivity contribution in [1.82, 2.24) is 20.3 Å². The van der Waals surface area contributed by atoms with Crippen LogP contribution in [0.2, 0.25) is 0 Å². The van der Waals surface area contributed by atoms with Crippen molar-refractivity contribution in [2.45, 2.75) is 20.3 Å². The first-order chi connectivity index (χ1) is 14.3. The third-order valence-corrected chi connectivity index (χ3v) is 4.73. The number of methoxy groups -OCH3 is 1. The Bertz CT molecular complexity index is 847. The molecule has 164 valence electrons. The Kier molecular flexibility index (Phi) is 9.01. The van der Waals surface area contributed by atoms with Crippen LogP contribution in [0.5, 0.6) is 0 Å². The summed E-state index contributed by atoms with van der Waals surface area (Å²) in [4.78, 5) is 28.6. The molecule has 1 aromatic heterocycles. The fourth-order valence-electron chi connectivity index (χ4n) is 2.93. The molecule has 0 aliphatic heterocycles. The maximum atomic E-state index is 13.0. The van der Waals surface area contributed by atoms with E-state index < -0.39 is 0 Å². The molecule has 0 atom stereocenters. The largest absolute Gasteiger partial charge is 0.383 e. The SMILES string of the molecule is COCCN(CCC(=O)NCCN(C)C)C(=O)c1cc(-c2cc(C)ccc2C)on1. The van der Waals surface area contributed by atoms with Gasteiger partial charge in [-0.15, -0.1) is 0 Å². The van der Waals surface area contributed by atoms with Gasteiger partial charge in [0.1, 0.15) is 0 Å². The average Bonchev–Trinajstić information content (AvgIpc) is 3.19. The summed E-state index contributed by atoms with van der Waals surface area (Å²) in [5, 5.41) is 6.83. The molecule has 0 aliphatic carbocycles. The number of nitrogens with one attached hydrogen (secondary N) is 1. The highest BCUT2D eigenvalue weighted by Crippen LogP contribution is 2.25. The zero-order valence-corrected chi connectivity index (χ0v) is 18.5. The molecule has 0 saturated carbocycles. The van der Waals surface area contributed by atoms with Gasteiger partial charge in [-0.25, -0.2) is 0 Å². The van der Waals surface area contributed by atoms with E-state index in [-0.39, 0.29) is 30.5 Å². The van der Waals surface area contributed by atoms with Gasteiger partial charge in [0.2, 0.25) is 5.91 Å². The molecule has 2 rings (SSSR count). The Hall–Kier alpha value is -2.71. The van der Waals surface area contributed by atoms with Gasteiger partial charge in [0.25, 0.3) is 5.91 Å². The number of likely N-dealkylation sites (N-methyl/N-ethyl adjacent to an activating group) is 1. The molecular weight excluding hydrogens is 384 g/mol. The van der Waals surface area contributed by atoms with Gasteiger partial charge in [-0.3, -0.25) is 9.59 Å². The van der Waals surface area contributed by atoms with Crippen LogP contribution in [0.15, 0.2) is 28.8 Å². The van der Waals surface area contributed by atoms with Crippen LogP contribution in [0.25, 0.3) is 11.3 Å². The van der Waals surface area contributed by atoms with Crippen molar-refractivity contribution in [3.05, 3.63) is 41.1 Å². The molecule has 1 heterocycles. The number of hydrogen-bond donors (Lipinski definition) is 1. The molecule has 0 radical (unpaired) electrons. The minimum atomic E-state index is -0.284. The minimum absolute atomic E-state index is 0.0942. The van der Waals surface area contributed by atoms with E-state index in [0.717, 1.165) is 23.2 Å². The summed E-state index contributed by atoms with van der Waals surface area (Å²) in [6.45, 7) is 6.34. The third kappa shape index (κ3) is 6.96. The minimum Gasteiger partial charge on any atom is -0.383 e. The molecule has 0 aliphatic rings. The van der Waals surface area contributed by atoms with Gasteiger partial charge >= 0.3 is 0 Å². The highest BCUT2D eigenvalue weighted by atomic mass is 16.5. The van der Waals surface area contributed by atoms with Gasteiger partial charge < -0.3 is 24.4 Å². The van der Waals surface area contributed by atoms with E-state index in [2.05, 4.69) is 10.5 Å². The van der Waals surface area contributed by atoms with Crippen LogP contribution >= 0.6 is 0 Å². The molecule has 8 heteroatoms. The maximum absolute atomic E-state index is 13.0. The van der Waals surface area contributed by atoms with Crippen LogP contribution in [-0.4, -0.2) is 80.8 Å². The predicted molar refractivity (Wildman–Crippen MR) is 115 cm³/mol. The number of carbonyl (C=O) groups is 2. The molecule has 1 N–H and O–H groups in total. The van der Waals surface area contributed by atoms with E-state index in [9.17, 15) is 9.59 Å². The zero-order valence-electron chi connectivity index (χ0n) is 18.5. The summed E-state index contributed by atoms with van der Waals surface area (Å²) in [6, 6.07) is 7.69. The first-order valence-corrected chi connectivity index (χ1v) is 10.1. The fourth-order valence-corrected chi connectivity index (χ4v) is 2.93. The lowest BCUT2D eigenvalue weighted by Crippen LogP contribution is -2.38. The standard InChI is InChI=1S/C22H32N4O4/c1-16-6-7-17(2)18(14-16)20-15-19(24-30-20)22(28)26(12-13-29-5)10-8-21(27)23-9-11-25(3)4/h6-7,14-15H,8-13H2,1-5H3,(H,23,27). The van der Waals surface area contributed by atoms with Gasteiger partial charge in [0, 0.05) is 51.3 Å². The maximum Gasteiger partial charge on any atom is 0.276 e. The van der Waals surface area contributed by atoms with E-state index >= 15 is 0 Å².